The van der Waals surface area contributed by atoms with Crippen LogP contribution in [0.4, 0.5) is 27.1 Å². The number of carbonyl (C=O) groups excluding carboxylic acids is 2. The fourth-order valence-electron chi connectivity index (χ4n) is 3.58. The molecular weight excluding hydrogens is 409 g/mol. The normalized spacial score (nSPS) is 14.0. The molecular formula is C24H20FN5O2. The number of carbonyl (C=O) groups is 2. The number of hydrogen-bond donors (Lipinski definition) is 4. The number of amides is 2. The number of fused-ring (bicyclic) bond motifs is 1. The molecule has 0 spiro atoms. The van der Waals surface area contributed by atoms with Crippen LogP contribution in [0.5, 0.6) is 0 Å². The minimum Gasteiger partial charge on any atom is -0.355 e. The van der Waals surface area contributed by atoms with Crippen molar-refractivity contribution in [3.63, 3.8) is 0 Å². The van der Waals surface area contributed by atoms with E-state index in [0.29, 0.717) is 24.2 Å². The summed E-state index contributed by atoms with van der Waals surface area (Å²) in [4.78, 5) is 32.8. The standard InChI is InChI=1S/C24H20FN5O2/c25-15-1-3-17(4-2-15)29-22(31)24(11-12-24)23(32)30-18-7-5-16(6-8-18)28-20-10-14-27-21-19(20)9-13-26-21/h1-10,13-14H,11-12H2,(H,29,31)(H,30,32)(H2,26,27,28). The summed E-state index contributed by atoms with van der Waals surface area (Å²) >= 11 is 0. The molecule has 1 aliphatic rings. The van der Waals surface area contributed by atoms with Gasteiger partial charge in [0.15, 0.2) is 0 Å². The number of aromatic nitrogens is 2. The van der Waals surface area contributed by atoms with Gasteiger partial charge in [-0.25, -0.2) is 9.37 Å². The average Bonchev–Trinajstić information content (AvgIpc) is 3.48. The van der Waals surface area contributed by atoms with Crippen molar-refractivity contribution in [1.82, 2.24) is 9.97 Å². The van der Waals surface area contributed by atoms with E-state index in [1.807, 2.05) is 30.5 Å². The van der Waals surface area contributed by atoms with Crippen LogP contribution in [0, 0.1) is 11.2 Å². The smallest absolute Gasteiger partial charge is 0.240 e. The Morgan fingerprint density at radius 2 is 1.44 bits per heavy atom. The summed E-state index contributed by atoms with van der Waals surface area (Å²) in [7, 11) is 0. The van der Waals surface area contributed by atoms with Crippen molar-refractivity contribution in [2.75, 3.05) is 16.0 Å². The lowest BCUT2D eigenvalue weighted by Crippen LogP contribution is -2.35. The third-order valence-corrected chi connectivity index (χ3v) is 5.60. The van der Waals surface area contributed by atoms with Crippen molar-refractivity contribution in [1.29, 1.82) is 0 Å². The van der Waals surface area contributed by atoms with Crippen molar-refractivity contribution in [3.05, 3.63) is 78.9 Å². The summed E-state index contributed by atoms with van der Waals surface area (Å²) in [5.41, 5.74) is 2.53. The number of nitrogens with one attached hydrogen (secondary N) is 4. The van der Waals surface area contributed by atoms with Gasteiger partial charge in [-0.3, -0.25) is 9.59 Å². The Morgan fingerprint density at radius 3 is 2.06 bits per heavy atom. The molecule has 160 valence electrons. The molecule has 0 saturated heterocycles. The van der Waals surface area contributed by atoms with Crippen molar-refractivity contribution in [3.8, 4) is 0 Å². The minimum atomic E-state index is -1.10. The number of rotatable bonds is 6. The molecule has 0 radical (unpaired) electrons. The summed E-state index contributed by atoms with van der Waals surface area (Å²) in [5.74, 6) is -1.12. The van der Waals surface area contributed by atoms with E-state index in [9.17, 15) is 14.0 Å². The number of anilines is 4. The van der Waals surface area contributed by atoms with Crippen LogP contribution in [0.25, 0.3) is 11.0 Å². The zero-order valence-electron chi connectivity index (χ0n) is 17.0. The second-order valence-electron chi connectivity index (χ2n) is 7.80. The van der Waals surface area contributed by atoms with Crippen LogP contribution in [-0.2, 0) is 9.59 Å². The van der Waals surface area contributed by atoms with Gasteiger partial charge < -0.3 is 20.9 Å². The summed E-state index contributed by atoms with van der Waals surface area (Å²) < 4.78 is 13.1. The first kappa shape index (κ1) is 19.7. The minimum absolute atomic E-state index is 0.346. The number of hydrogen-bond acceptors (Lipinski definition) is 4. The van der Waals surface area contributed by atoms with E-state index in [1.54, 1.807) is 18.3 Å². The first-order chi connectivity index (χ1) is 15.5. The molecule has 0 bridgehead atoms. The summed E-state index contributed by atoms with van der Waals surface area (Å²) in [6.45, 7) is 0. The van der Waals surface area contributed by atoms with Gasteiger partial charge in [-0.2, -0.15) is 0 Å². The second-order valence-corrected chi connectivity index (χ2v) is 7.80. The van der Waals surface area contributed by atoms with E-state index >= 15 is 0 Å². The van der Waals surface area contributed by atoms with Crippen molar-refractivity contribution < 1.29 is 14.0 Å². The van der Waals surface area contributed by atoms with Gasteiger partial charge in [0, 0.05) is 34.8 Å². The van der Waals surface area contributed by atoms with E-state index < -0.39 is 5.41 Å². The highest BCUT2D eigenvalue weighted by atomic mass is 19.1. The lowest BCUT2D eigenvalue weighted by Gasteiger charge is -2.16. The van der Waals surface area contributed by atoms with Crippen molar-refractivity contribution in [2.24, 2.45) is 5.41 Å². The van der Waals surface area contributed by atoms with E-state index in [2.05, 4.69) is 25.9 Å². The fourth-order valence-corrected chi connectivity index (χ4v) is 3.58. The fraction of sp³-hybridized carbons (Fsp3) is 0.125. The molecule has 1 fully saturated rings. The van der Waals surface area contributed by atoms with E-state index in [0.717, 1.165) is 22.4 Å². The van der Waals surface area contributed by atoms with E-state index in [4.69, 9.17) is 0 Å². The molecule has 0 atom stereocenters. The molecule has 2 amide bonds. The molecule has 1 aliphatic carbocycles. The van der Waals surface area contributed by atoms with Gasteiger partial charge in [0.1, 0.15) is 16.9 Å². The molecule has 32 heavy (non-hydrogen) atoms. The van der Waals surface area contributed by atoms with Gasteiger partial charge in [0.2, 0.25) is 11.8 Å². The van der Waals surface area contributed by atoms with Crippen LogP contribution in [0.2, 0.25) is 0 Å². The number of halogens is 1. The molecule has 2 aromatic carbocycles. The predicted octanol–water partition coefficient (Wildman–Crippen LogP) is 4.80. The molecule has 2 aromatic heterocycles. The quantitative estimate of drug-likeness (QED) is 0.331. The molecule has 2 heterocycles. The number of nitrogens with zero attached hydrogens (tertiary/aromatic N) is 1. The Morgan fingerprint density at radius 1 is 0.844 bits per heavy atom. The molecule has 5 rings (SSSR count). The Hall–Kier alpha value is -4.20. The van der Waals surface area contributed by atoms with E-state index in [1.165, 1.54) is 24.3 Å². The lowest BCUT2D eigenvalue weighted by atomic mass is 10.0. The van der Waals surface area contributed by atoms with Crippen LogP contribution < -0.4 is 16.0 Å². The molecule has 0 unspecified atom stereocenters. The van der Waals surface area contributed by atoms with Gasteiger partial charge in [-0.05, 0) is 73.5 Å². The number of pyridine rings is 1. The van der Waals surface area contributed by atoms with Gasteiger partial charge in [-0.15, -0.1) is 0 Å². The Labute approximate surface area is 183 Å². The number of aromatic amines is 1. The van der Waals surface area contributed by atoms with Gasteiger partial charge in [-0.1, -0.05) is 0 Å². The zero-order valence-corrected chi connectivity index (χ0v) is 17.0. The van der Waals surface area contributed by atoms with Crippen LogP contribution in [-0.4, -0.2) is 21.8 Å². The highest BCUT2D eigenvalue weighted by Crippen LogP contribution is 2.47. The highest BCUT2D eigenvalue weighted by molar-refractivity contribution is 6.16. The molecule has 0 aliphatic heterocycles. The lowest BCUT2D eigenvalue weighted by molar-refractivity contribution is -0.131. The molecule has 7 nitrogen and oxygen atoms in total. The molecule has 4 aromatic rings. The summed E-state index contributed by atoms with van der Waals surface area (Å²) in [6.07, 6.45) is 4.50. The van der Waals surface area contributed by atoms with E-state index in [-0.39, 0.29) is 17.6 Å². The number of benzene rings is 2. The third-order valence-electron chi connectivity index (χ3n) is 5.60. The molecule has 1 saturated carbocycles. The Kier molecular flexibility index (Phi) is 4.82. The maximum Gasteiger partial charge on any atom is 0.240 e. The van der Waals surface area contributed by atoms with Crippen molar-refractivity contribution >= 4 is 45.6 Å². The van der Waals surface area contributed by atoms with Crippen LogP contribution in [0.3, 0.4) is 0 Å². The van der Waals surface area contributed by atoms with Crippen LogP contribution >= 0.6 is 0 Å². The molecule has 8 heteroatoms. The SMILES string of the molecule is O=C(Nc1ccc(F)cc1)C1(C(=O)Nc2ccc(Nc3ccnc4[nH]ccc34)cc2)CC1. The molecule has 4 N–H and O–H groups in total. The Bertz CT molecular complexity index is 1290. The number of H-pyrrole nitrogens is 1. The highest BCUT2D eigenvalue weighted by Gasteiger charge is 2.56. The summed E-state index contributed by atoms with van der Waals surface area (Å²) in [6, 6.07) is 16.6. The monoisotopic (exact) mass is 429 g/mol. The maximum absolute atomic E-state index is 13.1. The zero-order chi connectivity index (χ0) is 22.1. The van der Waals surface area contributed by atoms with Gasteiger partial charge in [0.25, 0.3) is 0 Å². The third kappa shape index (κ3) is 3.78. The van der Waals surface area contributed by atoms with Crippen LogP contribution in [0.1, 0.15) is 12.8 Å². The topological polar surface area (TPSA) is 98.9 Å². The Balaban J connectivity index is 1.24. The summed E-state index contributed by atoms with van der Waals surface area (Å²) in [5, 5.41) is 9.86. The first-order valence-corrected chi connectivity index (χ1v) is 10.2. The average molecular weight is 429 g/mol. The predicted molar refractivity (Wildman–Crippen MR) is 121 cm³/mol. The van der Waals surface area contributed by atoms with Crippen molar-refractivity contribution in [2.45, 2.75) is 12.8 Å². The largest absolute Gasteiger partial charge is 0.355 e. The van der Waals surface area contributed by atoms with Gasteiger partial charge >= 0.3 is 0 Å². The van der Waals surface area contributed by atoms with Crippen LogP contribution in [0.15, 0.2) is 73.1 Å². The van der Waals surface area contributed by atoms with Gasteiger partial charge in [0.05, 0.1) is 5.69 Å². The second kappa shape index (κ2) is 7.81. The maximum atomic E-state index is 13.1. The first-order valence-electron chi connectivity index (χ1n) is 10.2.